The molecule has 0 radical (unpaired) electrons. The summed E-state index contributed by atoms with van der Waals surface area (Å²) in [4.78, 5) is 24.3. The number of benzene rings is 2. The zero-order valence-electron chi connectivity index (χ0n) is 16.6. The van der Waals surface area contributed by atoms with Crippen molar-refractivity contribution < 1.29 is 14.3 Å². The van der Waals surface area contributed by atoms with Crippen LogP contribution in [0, 0.1) is 13.8 Å². The van der Waals surface area contributed by atoms with Gasteiger partial charge in [0.1, 0.15) is 5.75 Å². The van der Waals surface area contributed by atoms with Crippen molar-refractivity contribution in [1.29, 1.82) is 0 Å². The molecule has 0 aliphatic heterocycles. The Morgan fingerprint density at radius 1 is 1.10 bits per heavy atom. The van der Waals surface area contributed by atoms with Crippen molar-refractivity contribution in [2.24, 2.45) is 5.10 Å². The molecule has 0 spiro atoms. The van der Waals surface area contributed by atoms with Crippen molar-refractivity contribution in [3.63, 3.8) is 0 Å². The quantitative estimate of drug-likeness (QED) is 0.448. The third kappa shape index (κ3) is 5.27. The van der Waals surface area contributed by atoms with Crippen LogP contribution in [0.5, 0.6) is 5.75 Å². The molecular formula is C22H21ClN4O3. The zero-order chi connectivity index (χ0) is 21.5. The number of halogens is 1. The molecule has 0 aliphatic rings. The lowest BCUT2D eigenvalue weighted by atomic mass is 10.2. The van der Waals surface area contributed by atoms with E-state index in [0.717, 1.165) is 17.0 Å². The van der Waals surface area contributed by atoms with Crippen LogP contribution in [0.3, 0.4) is 0 Å². The van der Waals surface area contributed by atoms with Crippen LogP contribution >= 0.6 is 11.6 Å². The van der Waals surface area contributed by atoms with E-state index in [2.05, 4.69) is 16.0 Å². The molecule has 30 heavy (non-hydrogen) atoms. The van der Waals surface area contributed by atoms with Crippen LogP contribution in [0.25, 0.3) is 0 Å². The van der Waals surface area contributed by atoms with Crippen molar-refractivity contribution in [3.05, 3.63) is 88.2 Å². The molecule has 2 N–H and O–H groups in total. The third-order valence-electron chi connectivity index (χ3n) is 4.31. The Hall–Kier alpha value is -3.58. The Morgan fingerprint density at radius 2 is 1.80 bits per heavy atom. The number of ether oxygens (including phenoxy) is 1. The highest BCUT2D eigenvalue weighted by Crippen LogP contribution is 2.22. The fraction of sp³-hybridized carbons (Fsp3) is 0.136. The van der Waals surface area contributed by atoms with Crippen LogP contribution in [0.15, 0.2) is 65.8 Å². The van der Waals surface area contributed by atoms with Crippen LogP contribution in [0.2, 0.25) is 5.02 Å². The second kappa shape index (κ2) is 9.76. The molecule has 2 aromatic carbocycles. The summed E-state index contributed by atoms with van der Waals surface area (Å²) in [5.41, 5.74) is 8.19. The topological polar surface area (TPSA) is 84.7 Å². The molecule has 2 amide bonds. The van der Waals surface area contributed by atoms with Crippen molar-refractivity contribution in [1.82, 2.24) is 10.1 Å². The maximum atomic E-state index is 12.4. The third-order valence-corrected chi connectivity index (χ3v) is 4.62. The number of hydrazone groups is 1. The molecule has 7 nitrogen and oxygen atoms in total. The van der Waals surface area contributed by atoms with E-state index in [4.69, 9.17) is 16.3 Å². The van der Waals surface area contributed by atoms with Crippen LogP contribution in [0.4, 0.5) is 0 Å². The van der Waals surface area contributed by atoms with Gasteiger partial charge in [0.2, 0.25) is 0 Å². The molecule has 8 heteroatoms. The lowest BCUT2D eigenvalue weighted by Gasteiger charge is -2.11. The molecule has 0 saturated carbocycles. The molecular weight excluding hydrogens is 404 g/mol. The number of aromatic nitrogens is 1. The Kier molecular flexibility index (Phi) is 6.87. The number of aryl methyl sites for hydroxylation is 1. The van der Waals surface area contributed by atoms with Crippen molar-refractivity contribution in [2.45, 2.75) is 13.8 Å². The summed E-state index contributed by atoms with van der Waals surface area (Å²) in [7, 11) is 0. The molecule has 0 bridgehead atoms. The Morgan fingerprint density at radius 3 is 2.53 bits per heavy atom. The van der Waals surface area contributed by atoms with Crippen LogP contribution in [-0.4, -0.2) is 29.3 Å². The average Bonchev–Trinajstić information content (AvgIpc) is 3.01. The first-order valence-electron chi connectivity index (χ1n) is 9.20. The summed E-state index contributed by atoms with van der Waals surface area (Å²) in [6, 6.07) is 17.7. The first kappa shape index (κ1) is 21.1. The number of hydrogen-bond acceptors (Lipinski definition) is 4. The maximum absolute atomic E-state index is 12.4. The van der Waals surface area contributed by atoms with Crippen molar-refractivity contribution >= 4 is 29.6 Å². The molecule has 0 aliphatic carbocycles. The molecule has 0 unspecified atom stereocenters. The number of carbonyl (C=O) groups is 2. The highest BCUT2D eigenvalue weighted by Gasteiger charge is 2.12. The molecule has 3 rings (SSSR count). The van der Waals surface area contributed by atoms with Gasteiger partial charge in [0.15, 0.2) is 6.61 Å². The Balaban J connectivity index is 1.58. The summed E-state index contributed by atoms with van der Waals surface area (Å²) < 4.78 is 7.04. The van der Waals surface area contributed by atoms with E-state index in [0.29, 0.717) is 16.3 Å². The summed E-state index contributed by atoms with van der Waals surface area (Å²) in [5, 5.41) is 4.39. The summed E-state index contributed by atoms with van der Waals surface area (Å²) in [6.07, 6.45) is 1.51. The largest absolute Gasteiger partial charge is 0.482 e. The van der Waals surface area contributed by atoms with Gasteiger partial charge in [-0.05, 0) is 44.2 Å². The normalized spacial score (nSPS) is 10.8. The second-order valence-corrected chi connectivity index (χ2v) is 6.89. The number of hydrogen-bond donors (Lipinski definition) is 2. The minimum atomic E-state index is -0.419. The van der Waals surface area contributed by atoms with E-state index in [1.807, 2.05) is 26.0 Å². The van der Waals surface area contributed by atoms with Crippen LogP contribution in [-0.2, 0) is 4.79 Å². The number of nitrogens with one attached hydrogen (secondary N) is 2. The Labute approximate surface area is 179 Å². The number of rotatable bonds is 7. The molecule has 0 atom stereocenters. The minimum Gasteiger partial charge on any atom is -0.482 e. The smallest absolute Gasteiger partial charge is 0.277 e. The van der Waals surface area contributed by atoms with Gasteiger partial charge in [-0.15, -0.1) is 0 Å². The fourth-order valence-corrected chi connectivity index (χ4v) is 2.95. The number of amides is 2. The van der Waals surface area contributed by atoms with Gasteiger partial charge in [0.25, 0.3) is 11.8 Å². The number of para-hydroxylation sites is 1. The van der Waals surface area contributed by atoms with Crippen LogP contribution in [0.1, 0.15) is 27.3 Å². The lowest BCUT2D eigenvalue weighted by Crippen LogP contribution is -2.25. The minimum absolute atomic E-state index is 0.215. The Bertz CT molecular complexity index is 1080. The van der Waals surface area contributed by atoms with Gasteiger partial charge in [-0.25, -0.2) is 5.43 Å². The predicted molar refractivity (Wildman–Crippen MR) is 117 cm³/mol. The van der Waals surface area contributed by atoms with Gasteiger partial charge in [-0.1, -0.05) is 41.9 Å². The van der Waals surface area contributed by atoms with Crippen LogP contribution < -0.4 is 15.6 Å². The maximum Gasteiger partial charge on any atom is 0.277 e. The summed E-state index contributed by atoms with van der Waals surface area (Å²) in [6.45, 7) is 3.50. The zero-order valence-corrected chi connectivity index (χ0v) is 17.3. The van der Waals surface area contributed by atoms with Gasteiger partial charge in [-0.2, -0.15) is 5.10 Å². The molecule has 1 aromatic heterocycles. The van der Waals surface area contributed by atoms with Gasteiger partial charge < -0.3 is 4.74 Å². The highest BCUT2D eigenvalue weighted by molar-refractivity contribution is 6.32. The van der Waals surface area contributed by atoms with Crippen molar-refractivity contribution in [3.8, 4) is 5.75 Å². The SMILES string of the molecule is Cc1cc(/C=N/NC(=O)COc2ccccc2Cl)c(C)n1NC(=O)c1ccccc1. The molecule has 3 aromatic rings. The van der Waals surface area contributed by atoms with E-state index in [9.17, 15) is 9.59 Å². The fourth-order valence-electron chi connectivity index (χ4n) is 2.76. The lowest BCUT2D eigenvalue weighted by molar-refractivity contribution is -0.123. The monoisotopic (exact) mass is 424 g/mol. The van der Waals surface area contributed by atoms with Gasteiger partial charge >= 0.3 is 0 Å². The first-order valence-corrected chi connectivity index (χ1v) is 9.58. The molecule has 0 fully saturated rings. The van der Waals surface area contributed by atoms with Gasteiger partial charge in [0, 0.05) is 22.5 Å². The number of carbonyl (C=O) groups excluding carboxylic acids is 2. The standard InChI is InChI=1S/C22H21ClN4O3/c1-15-12-18(16(2)27(15)26-22(29)17-8-4-3-5-9-17)13-24-25-21(28)14-30-20-11-7-6-10-19(20)23/h3-13H,14H2,1-2H3,(H,25,28)(H,26,29)/b24-13+. The molecule has 154 valence electrons. The van der Waals surface area contributed by atoms with E-state index in [1.54, 1.807) is 53.2 Å². The van der Waals surface area contributed by atoms with E-state index in [-0.39, 0.29) is 12.5 Å². The highest BCUT2D eigenvalue weighted by atomic mass is 35.5. The number of nitrogens with zero attached hydrogens (tertiary/aromatic N) is 2. The first-order chi connectivity index (χ1) is 14.5. The summed E-state index contributed by atoms with van der Waals surface area (Å²) in [5.74, 6) is -0.209. The van der Waals surface area contributed by atoms with E-state index >= 15 is 0 Å². The van der Waals surface area contributed by atoms with Crippen molar-refractivity contribution in [2.75, 3.05) is 12.0 Å². The van der Waals surface area contributed by atoms with E-state index in [1.165, 1.54) is 6.21 Å². The van der Waals surface area contributed by atoms with Gasteiger partial charge in [-0.3, -0.25) is 19.7 Å². The summed E-state index contributed by atoms with van der Waals surface area (Å²) >= 11 is 5.98. The predicted octanol–water partition coefficient (Wildman–Crippen LogP) is 3.67. The second-order valence-electron chi connectivity index (χ2n) is 6.48. The average molecular weight is 425 g/mol. The molecule has 0 saturated heterocycles. The molecule has 1 heterocycles. The van der Waals surface area contributed by atoms with Gasteiger partial charge in [0.05, 0.1) is 11.2 Å². The van der Waals surface area contributed by atoms with E-state index < -0.39 is 5.91 Å².